The lowest BCUT2D eigenvalue weighted by Gasteiger charge is -2.16. The van der Waals surface area contributed by atoms with Crippen molar-refractivity contribution in [3.05, 3.63) is 24.6 Å². The summed E-state index contributed by atoms with van der Waals surface area (Å²) in [5.74, 6) is -16.2. The SMILES string of the molecule is O=C(C=CNCCNC=CC(=O)C(F)(F)C(F)(F)F)C(F)(F)C(F)(F)F. The third kappa shape index (κ3) is 6.22. The standard InChI is InChI=1S/C12H10F10N2O2/c13-9(14,11(17,18)19)7(25)1-3-23-5-6-24-4-2-8(26)10(15,16)12(20,21)22/h1-4,23-24H,5-6H2. The first kappa shape index (κ1) is 23.7. The predicted octanol–water partition coefficient (Wildman–Crippen LogP) is 2.73. The Morgan fingerprint density at radius 3 is 1.12 bits per heavy atom. The lowest BCUT2D eigenvalue weighted by atomic mass is 10.2. The number of hydrogen-bond acceptors (Lipinski definition) is 4. The van der Waals surface area contributed by atoms with Crippen molar-refractivity contribution in [3.8, 4) is 0 Å². The molecule has 0 unspecified atom stereocenters. The zero-order valence-electron chi connectivity index (χ0n) is 12.3. The van der Waals surface area contributed by atoms with Crippen molar-refractivity contribution in [1.29, 1.82) is 0 Å². The van der Waals surface area contributed by atoms with Crippen molar-refractivity contribution in [3.63, 3.8) is 0 Å². The molecule has 150 valence electrons. The molecule has 26 heavy (non-hydrogen) atoms. The molecule has 0 saturated carbocycles. The summed E-state index contributed by atoms with van der Waals surface area (Å²) >= 11 is 0. The first-order chi connectivity index (χ1) is 11.5. The second-order valence-corrected chi connectivity index (χ2v) is 4.45. The molecule has 0 fully saturated rings. The summed E-state index contributed by atoms with van der Waals surface area (Å²) in [6, 6.07) is 0. The van der Waals surface area contributed by atoms with Crippen molar-refractivity contribution < 1.29 is 53.5 Å². The van der Waals surface area contributed by atoms with Gasteiger partial charge in [-0.2, -0.15) is 43.9 Å². The van der Waals surface area contributed by atoms with Gasteiger partial charge in [0.1, 0.15) is 0 Å². The summed E-state index contributed by atoms with van der Waals surface area (Å²) in [6.07, 6.45) is -11.4. The van der Waals surface area contributed by atoms with E-state index in [1.54, 1.807) is 0 Å². The fourth-order valence-corrected chi connectivity index (χ4v) is 1.07. The van der Waals surface area contributed by atoms with Crippen LogP contribution in [0.25, 0.3) is 0 Å². The Hall–Kier alpha value is -2.28. The molecular weight excluding hydrogens is 394 g/mol. The highest BCUT2D eigenvalue weighted by molar-refractivity contribution is 5.96. The largest absolute Gasteiger partial charge is 0.461 e. The van der Waals surface area contributed by atoms with Crippen LogP contribution in [0.2, 0.25) is 0 Å². The summed E-state index contributed by atoms with van der Waals surface area (Å²) in [6.45, 7) is -0.537. The van der Waals surface area contributed by atoms with Gasteiger partial charge < -0.3 is 10.6 Å². The lowest BCUT2D eigenvalue weighted by Crippen LogP contribution is -2.43. The van der Waals surface area contributed by atoms with Crippen LogP contribution >= 0.6 is 0 Å². The third-order valence-electron chi connectivity index (χ3n) is 2.45. The zero-order valence-corrected chi connectivity index (χ0v) is 12.3. The van der Waals surface area contributed by atoms with Crippen molar-refractivity contribution in [2.75, 3.05) is 13.1 Å². The van der Waals surface area contributed by atoms with Gasteiger partial charge in [0.2, 0.25) is 11.6 Å². The summed E-state index contributed by atoms with van der Waals surface area (Å²) in [7, 11) is 0. The number of halogens is 10. The number of carbonyl (C=O) groups is 2. The van der Waals surface area contributed by atoms with E-state index in [1.807, 2.05) is 0 Å². The van der Waals surface area contributed by atoms with Crippen LogP contribution in [-0.4, -0.2) is 48.9 Å². The fraction of sp³-hybridized carbons (Fsp3) is 0.500. The molecule has 0 saturated heterocycles. The summed E-state index contributed by atoms with van der Waals surface area (Å²) in [5.41, 5.74) is 0. The number of nitrogens with one attached hydrogen (secondary N) is 2. The van der Waals surface area contributed by atoms with Crippen LogP contribution in [0.3, 0.4) is 0 Å². The minimum Gasteiger partial charge on any atom is -0.389 e. The van der Waals surface area contributed by atoms with Gasteiger partial charge >= 0.3 is 24.2 Å². The van der Waals surface area contributed by atoms with Gasteiger partial charge in [-0.15, -0.1) is 0 Å². The highest BCUT2D eigenvalue weighted by Gasteiger charge is 2.62. The number of allylic oxidation sites excluding steroid dienone is 2. The molecular formula is C12H10F10N2O2. The molecule has 0 radical (unpaired) electrons. The van der Waals surface area contributed by atoms with E-state index < -0.39 is 35.8 Å². The summed E-state index contributed by atoms with van der Waals surface area (Å²) < 4.78 is 121. The van der Waals surface area contributed by atoms with Crippen molar-refractivity contribution >= 4 is 11.6 Å². The highest BCUT2D eigenvalue weighted by atomic mass is 19.4. The van der Waals surface area contributed by atoms with E-state index in [-0.39, 0.29) is 25.2 Å². The maximum atomic E-state index is 12.5. The first-order valence-electron chi connectivity index (χ1n) is 6.33. The number of hydrogen-bond donors (Lipinski definition) is 2. The Morgan fingerprint density at radius 2 is 0.885 bits per heavy atom. The van der Waals surface area contributed by atoms with Gasteiger partial charge in [-0.25, -0.2) is 0 Å². The van der Waals surface area contributed by atoms with Crippen LogP contribution in [0.15, 0.2) is 24.6 Å². The van der Waals surface area contributed by atoms with Crippen molar-refractivity contribution in [2.45, 2.75) is 24.2 Å². The molecule has 0 heterocycles. The number of alkyl halides is 10. The topological polar surface area (TPSA) is 58.2 Å². The van der Waals surface area contributed by atoms with Gasteiger partial charge in [0.15, 0.2) is 0 Å². The molecule has 0 aromatic heterocycles. The molecule has 0 aliphatic heterocycles. The Kier molecular flexibility index (Phi) is 7.66. The van der Waals surface area contributed by atoms with E-state index in [9.17, 15) is 53.5 Å². The quantitative estimate of drug-likeness (QED) is 0.353. The first-order valence-corrected chi connectivity index (χ1v) is 6.33. The molecule has 0 rings (SSSR count). The van der Waals surface area contributed by atoms with E-state index in [0.29, 0.717) is 12.4 Å². The lowest BCUT2D eigenvalue weighted by molar-refractivity contribution is -0.266. The molecule has 0 spiro atoms. The Bertz CT molecular complexity index is 513. The number of carbonyl (C=O) groups excluding carboxylic acids is 2. The molecule has 0 atom stereocenters. The molecule has 0 aliphatic rings. The van der Waals surface area contributed by atoms with Crippen LogP contribution < -0.4 is 10.6 Å². The van der Waals surface area contributed by atoms with Crippen LogP contribution in [-0.2, 0) is 9.59 Å². The number of rotatable bonds is 9. The number of ketones is 2. The van der Waals surface area contributed by atoms with E-state index in [4.69, 9.17) is 0 Å². The monoisotopic (exact) mass is 404 g/mol. The smallest absolute Gasteiger partial charge is 0.389 e. The Labute approximate surface area is 138 Å². The van der Waals surface area contributed by atoms with E-state index >= 15 is 0 Å². The second-order valence-electron chi connectivity index (χ2n) is 4.45. The Balaban J connectivity index is 4.27. The zero-order chi connectivity index (χ0) is 20.8. The minimum atomic E-state index is -6.06. The average Bonchev–Trinajstić information content (AvgIpc) is 2.46. The molecule has 14 heteroatoms. The summed E-state index contributed by atoms with van der Waals surface area (Å²) in [4.78, 5) is 21.3. The predicted molar refractivity (Wildman–Crippen MR) is 66.3 cm³/mol. The normalized spacial score (nSPS) is 14.1. The van der Waals surface area contributed by atoms with E-state index in [1.165, 1.54) is 0 Å². The van der Waals surface area contributed by atoms with Crippen LogP contribution in [0, 0.1) is 0 Å². The second kappa shape index (κ2) is 8.40. The van der Waals surface area contributed by atoms with Crippen LogP contribution in [0.1, 0.15) is 0 Å². The van der Waals surface area contributed by atoms with Gasteiger partial charge in [0.05, 0.1) is 0 Å². The Morgan fingerprint density at radius 1 is 0.615 bits per heavy atom. The molecule has 4 nitrogen and oxygen atoms in total. The van der Waals surface area contributed by atoms with Gasteiger partial charge in [0.25, 0.3) is 0 Å². The van der Waals surface area contributed by atoms with Crippen LogP contribution in [0.5, 0.6) is 0 Å². The van der Waals surface area contributed by atoms with Crippen molar-refractivity contribution in [1.82, 2.24) is 10.6 Å². The van der Waals surface area contributed by atoms with Gasteiger partial charge in [-0.1, -0.05) is 0 Å². The maximum Gasteiger partial charge on any atom is 0.461 e. The van der Waals surface area contributed by atoms with E-state index in [2.05, 4.69) is 10.6 Å². The van der Waals surface area contributed by atoms with E-state index in [0.717, 1.165) is 0 Å². The molecule has 0 aromatic rings. The maximum absolute atomic E-state index is 12.5. The van der Waals surface area contributed by atoms with Crippen LogP contribution in [0.4, 0.5) is 43.9 Å². The fourth-order valence-electron chi connectivity index (χ4n) is 1.07. The molecule has 0 aliphatic carbocycles. The van der Waals surface area contributed by atoms with Crippen molar-refractivity contribution in [2.24, 2.45) is 0 Å². The summed E-state index contributed by atoms with van der Waals surface area (Å²) in [5, 5.41) is 4.14. The van der Waals surface area contributed by atoms with Gasteiger partial charge in [-0.05, 0) is 0 Å². The average molecular weight is 404 g/mol. The molecule has 0 bridgehead atoms. The minimum absolute atomic E-state index is 0.0866. The molecule has 2 N–H and O–H groups in total. The van der Waals surface area contributed by atoms with Gasteiger partial charge in [0, 0.05) is 37.6 Å². The van der Waals surface area contributed by atoms with Gasteiger partial charge in [-0.3, -0.25) is 9.59 Å². The molecule has 0 amide bonds. The third-order valence-corrected chi connectivity index (χ3v) is 2.45. The highest BCUT2D eigenvalue weighted by Crippen LogP contribution is 2.37. The molecule has 0 aromatic carbocycles.